The van der Waals surface area contributed by atoms with Crippen LogP contribution < -0.4 is 5.32 Å². The van der Waals surface area contributed by atoms with E-state index in [0.29, 0.717) is 17.9 Å². The second-order valence-electron chi connectivity index (χ2n) is 5.97. The molecule has 2 rings (SSSR count). The first kappa shape index (κ1) is 19.2. The molecule has 0 spiro atoms. The molecule has 2 aromatic carbocycles. The van der Waals surface area contributed by atoms with Crippen molar-refractivity contribution in [3.05, 3.63) is 63.6 Å². The number of esters is 1. The van der Waals surface area contributed by atoms with E-state index in [2.05, 4.69) is 35.1 Å². The van der Waals surface area contributed by atoms with Crippen LogP contribution in [0.4, 0.5) is 5.69 Å². The molecule has 132 valence electrons. The second kappa shape index (κ2) is 8.81. The lowest BCUT2D eigenvalue weighted by atomic mass is 9.93. The molecule has 0 saturated heterocycles. The number of halogens is 1. The van der Waals surface area contributed by atoms with Gasteiger partial charge in [-0.3, -0.25) is 9.59 Å². The van der Waals surface area contributed by atoms with Crippen LogP contribution >= 0.6 is 15.9 Å². The van der Waals surface area contributed by atoms with Crippen LogP contribution in [0.15, 0.2) is 46.9 Å². The molecule has 0 fully saturated rings. The summed E-state index contributed by atoms with van der Waals surface area (Å²) in [6, 6.07) is 12.8. The maximum absolute atomic E-state index is 12.5. The van der Waals surface area contributed by atoms with E-state index >= 15 is 0 Å². The number of carbonyl (C=O) groups excluding carboxylic acids is 2. The van der Waals surface area contributed by atoms with Crippen molar-refractivity contribution in [1.82, 2.24) is 0 Å². The molecule has 0 aliphatic heterocycles. The van der Waals surface area contributed by atoms with Crippen molar-refractivity contribution < 1.29 is 14.3 Å². The highest BCUT2D eigenvalue weighted by Gasteiger charge is 2.17. The van der Waals surface area contributed by atoms with Gasteiger partial charge in [-0.1, -0.05) is 41.9 Å². The number of hydrogen-bond donors (Lipinski definition) is 1. The van der Waals surface area contributed by atoms with E-state index in [1.54, 1.807) is 19.1 Å². The summed E-state index contributed by atoms with van der Waals surface area (Å²) in [5.41, 5.74) is 3.04. The third kappa shape index (κ3) is 5.16. The summed E-state index contributed by atoms with van der Waals surface area (Å²) in [5.74, 6) is -0.276. The van der Waals surface area contributed by atoms with Gasteiger partial charge < -0.3 is 10.1 Å². The molecule has 4 nitrogen and oxygen atoms in total. The van der Waals surface area contributed by atoms with E-state index in [-0.39, 0.29) is 24.2 Å². The van der Waals surface area contributed by atoms with Gasteiger partial charge in [-0.2, -0.15) is 0 Å². The third-order valence-electron chi connectivity index (χ3n) is 3.82. The van der Waals surface area contributed by atoms with E-state index in [0.717, 1.165) is 15.6 Å². The molecule has 0 aliphatic rings. The van der Waals surface area contributed by atoms with Crippen molar-refractivity contribution >= 4 is 33.5 Å². The molecule has 0 atom stereocenters. The quantitative estimate of drug-likeness (QED) is 0.695. The summed E-state index contributed by atoms with van der Waals surface area (Å²) < 4.78 is 5.99. The Kier molecular flexibility index (Phi) is 6.76. The number of benzene rings is 2. The molecule has 1 amide bonds. The predicted octanol–water partition coefficient (Wildman–Crippen LogP) is 4.93. The van der Waals surface area contributed by atoms with Crippen LogP contribution in [0.5, 0.6) is 0 Å². The fourth-order valence-corrected chi connectivity index (χ4v) is 2.88. The third-order valence-corrected chi connectivity index (χ3v) is 4.34. The lowest BCUT2D eigenvalue weighted by molar-refractivity contribution is -0.142. The van der Waals surface area contributed by atoms with Crippen molar-refractivity contribution in [2.45, 2.75) is 33.1 Å². The maximum Gasteiger partial charge on any atom is 0.310 e. The number of carbonyl (C=O) groups is 2. The molecular weight excluding hydrogens is 382 g/mol. The Morgan fingerprint density at radius 3 is 2.40 bits per heavy atom. The summed E-state index contributed by atoms with van der Waals surface area (Å²) in [4.78, 5) is 24.5. The first-order valence-corrected chi connectivity index (χ1v) is 9.06. The Balaban J connectivity index is 2.32. The van der Waals surface area contributed by atoms with Gasteiger partial charge in [-0.25, -0.2) is 0 Å². The van der Waals surface area contributed by atoms with Crippen LogP contribution in [-0.2, 0) is 16.0 Å². The molecule has 0 saturated carbocycles. The predicted molar refractivity (Wildman–Crippen MR) is 103 cm³/mol. The lowest BCUT2D eigenvalue weighted by Gasteiger charge is -2.17. The highest BCUT2D eigenvalue weighted by Crippen LogP contribution is 2.27. The average Bonchev–Trinajstić information content (AvgIpc) is 2.56. The molecule has 0 aromatic heterocycles. The maximum atomic E-state index is 12.5. The fraction of sp³-hybridized carbons (Fsp3) is 0.300. The Morgan fingerprint density at radius 2 is 1.80 bits per heavy atom. The van der Waals surface area contributed by atoms with Crippen molar-refractivity contribution in [3.63, 3.8) is 0 Å². The first-order chi connectivity index (χ1) is 11.9. The number of hydrogen-bond acceptors (Lipinski definition) is 3. The summed E-state index contributed by atoms with van der Waals surface area (Å²) >= 11 is 3.36. The summed E-state index contributed by atoms with van der Waals surface area (Å²) in [6.07, 6.45) is 0.137. The van der Waals surface area contributed by atoms with Gasteiger partial charge in [0.05, 0.1) is 13.0 Å². The largest absolute Gasteiger partial charge is 0.466 e. The molecule has 0 bridgehead atoms. The minimum Gasteiger partial charge on any atom is -0.466 e. The number of ether oxygens (including phenoxy) is 1. The number of amides is 1. The summed E-state index contributed by atoms with van der Waals surface area (Å²) in [5, 5.41) is 2.93. The first-order valence-electron chi connectivity index (χ1n) is 8.26. The van der Waals surface area contributed by atoms with Crippen molar-refractivity contribution in [1.29, 1.82) is 0 Å². The highest BCUT2D eigenvalue weighted by atomic mass is 79.9. The van der Waals surface area contributed by atoms with E-state index in [1.807, 2.05) is 30.3 Å². The van der Waals surface area contributed by atoms with Gasteiger partial charge in [0, 0.05) is 15.7 Å². The monoisotopic (exact) mass is 403 g/mol. The summed E-state index contributed by atoms with van der Waals surface area (Å²) in [7, 11) is 0. The van der Waals surface area contributed by atoms with Gasteiger partial charge in [-0.15, -0.1) is 0 Å². The Labute approximate surface area is 156 Å². The summed E-state index contributed by atoms with van der Waals surface area (Å²) in [6.45, 7) is 6.24. The highest BCUT2D eigenvalue weighted by molar-refractivity contribution is 9.10. The SMILES string of the molecule is CCOC(=O)Cc1c(NC(=O)c2ccc(Br)cc2)cccc1C(C)C. The van der Waals surface area contributed by atoms with Gasteiger partial charge in [-0.05, 0) is 54.3 Å². The standard InChI is InChI=1S/C20H22BrNO3/c1-4-25-19(23)12-17-16(13(2)3)6-5-7-18(17)22-20(24)14-8-10-15(21)11-9-14/h5-11,13H,4,12H2,1-3H3,(H,22,24). The zero-order chi connectivity index (χ0) is 18.4. The van der Waals surface area contributed by atoms with Crippen molar-refractivity contribution in [3.8, 4) is 0 Å². The fourth-order valence-electron chi connectivity index (χ4n) is 2.61. The van der Waals surface area contributed by atoms with E-state index in [1.165, 1.54) is 0 Å². The molecule has 5 heteroatoms. The van der Waals surface area contributed by atoms with Gasteiger partial charge >= 0.3 is 5.97 Å². The molecule has 0 unspecified atom stereocenters. The van der Waals surface area contributed by atoms with E-state index < -0.39 is 0 Å². The average molecular weight is 404 g/mol. The lowest BCUT2D eigenvalue weighted by Crippen LogP contribution is -2.17. The van der Waals surface area contributed by atoms with Gasteiger partial charge in [0.2, 0.25) is 0 Å². The minimum absolute atomic E-state index is 0.137. The van der Waals surface area contributed by atoms with E-state index in [9.17, 15) is 9.59 Å². The smallest absolute Gasteiger partial charge is 0.310 e. The number of rotatable bonds is 6. The Bertz CT molecular complexity index is 754. The number of nitrogens with one attached hydrogen (secondary N) is 1. The number of anilines is 1. The van der Waals surface area contributed by atoms with Gasteiger partial charge in [0.25, 0.3) is 5.91 Å². The molecule has 2 aromatic rings. The van der Waals surface area contributed by atoms with Crippen LogP contribution in [0.3, 0.4) is 0 Å². The van der Waals surface area contributed by atoms with Crippen LogP contribution in [-0.4, -0.2) is 18.5 Å². The zero-order valence-electron chi connectivity index (χ0n) is 14.6. The topological polar surface area (TPSA) is 55.4 Å². The molecular formula is C20H22BrNO3. The molecule has 0 radical (unpaired) electrons. The van der Waals surface area contributed by atoms with E-state index in [4.69, 9.17) is 4.74 Å². The van der Waals surface area contributed by atoms with Crippen LogP contribution in [0, 0.1) is 0 Å². The second-order valence-corrected chi connectivity index (χ2v) is 6.89. The van der Waals surface area contributed by atoms with Gasteiger partial charge in [0.1, 0.15) is 0 Å². The molecule has 0 heterocycles. The molecule has 25 heavy (non-hydrogen) atoms. The van der Waals surface area contributed by atoms with Crippen molar-refractivity contribution in [2.24, 2.45) is 0 Å². The van der Waals surface area contributed by atoms with Crippen LogP contribution in [0.25, 0.3) is 0 Å². The molecule has 1 N–H and O–H groups in total. The van der Waals surface area contributed by atoms with Gasteiger partial charge in [0.15, 0.2) is 0 Å². The minimum atomic E-state index is -0.297. The Hall–Kier alpha value is -2.14. The van der Waals surface area contributed by atoms with Crippen molar-refractivity contribution in [2.75, 3.05) is 11.9 Å². The molecule has 0 aliphatic carbocycles. The van der Waals surface area contributed by atoms with Crippen LogP contribution in [0.1, 0.15) is 48.2 Å². The van der Waals surface area contributed by atoms with Crippen LogP contribution in [0.2, 0.25) is 0 Å². The Morgan fingerprint density at radius 1 is 1.12 bits per heavy atom. The normalized spacial score (nSPS) is 10.6. The zero-order valence-corrected chi connectivity index (χ0v) is 16.2.